The average molecular weight is 329 g/mol. The Hall–Kier alpha value is -2.18. The number of benzene rings is 1. The van der Waals surface area contributed by atoms with E-state index in [9.17, 15) is 4.79 Å². The van der Waals surface area contributed by atoms with E-state index in [0.717, 1.165) is 30.7 Å². The van der Waals surface area contributed by atoms with Crippen LogP contribution in [0, 0.1) is 0 Å². The molecule has 3 rings (SSSR count). The van der Waals surface area contributed by atoms with Gasteiger partial charge in [0.2, 0.25) is 0 Å². The topological polar surface area (TPSA) is 65.4 Å². The highest BCUT2D eigenvalue weighted by molar-refractivity contribution is 6.03. The quantitative estimate of drug-likeness (QED) is 0.885. The van der Waals surface area contributed by atoms with E-state index >= 15 is 0 Å². The maximum absolute atomic E-state index is 12.2. The standard InChI is InChI=1S/C18H23N3O3/c1-21-17(8-9-19-21)18(22)20-15-6-4-5-14(11-15)12-23-13-16-7-2-3-10-24-16/h4-6,8-9,11,16H,2-3,7,10,12-13H2,1H3,(H,20,22). The highest BCUT2D eigenvalue weighted by Crippen LogP contribution is 2.16. The summed E-state index contributed by atoms with van der Waals surface area (Å²) in [6.07, 6.45) is 5.25. The zero-order chi connectivity index (χ0) is 16.8. The lowest BCUT2D eigenvalue weighted by Gasteiger charge is -2.22. The summed E-state index contributed by atoms with van der Waals surface area (Å²) in [6, 6.07) is 9.38. The van der Waals surface area contributed by atoms with Gasteiger partial charge in [0.05, 0.1) is 19.3 Å². The average Bonchev–Trinajstić information content (AvgIpc) is 3.02. The van der Waals surface area contributed by atoms with Gasteiger partial charge in [0, 0.05) is 25.5 Å². The van der Waals surface area contributed by atoms with E-state index in [1.807, 2.05) is 24.3 Å². The van der Waals surface area contributed by atoms with E-state index in [4.69, 9.17) is 9.47 Å². The van der Waals surface area contributed by atoms with E-state index < -0.39 is 0 Å². The van der Waals surface area contributed by atoms with Crippen molar-refractivity contribution in [1.29, 1.82) is 0 Å². The van der Waals surface area contributed by atoms with Crippen molar-refractivity contribution in [2.45, 2.75) is 32.0 Å². The molecule has 1 unspecified atom stereocenters. The normalized spacial score (nSPS) is 17.6. The number of nitrogens with one attached hydrogen (secondary N) is 1. The smallest absolute Gasteiger partial charge is 0.273 e. The summed E-state index contributed by atoms with van der Waals surface area (Å²) in [4.78, 5) is 12.2. The lowest BCUT2D eigenvalue weighted by molar-refractivity contribution is -0.0447. The zero-order valence-electron chi connectivity index (χ0n) is 13.9. The molecule has 0 saturated carbocycles. The van der Waals surface area contributed by atoms with Crippen LogP contribution in [-0.2, 0) is 23.1 Å². The van der Waals surface area contributed by atoms with Crippen LogP contribution in [0.3, 0.4) is 0 Å². The van der Waals surface area contributed by atoms with Crippen molar-refractivity contribution in [3.8, 4) is 0 Å². The molecule has 1 aliphatic heterocycles. The summed E-state index contributed by atoms with van der Waals surface area (Å²) < 4.78 is 13.0. The summed E-state index contributed by atoms with van der Waals surface area (Å²) in [7, 11) is 1.74. The second kappa shape index (κ2) is 8.08. The third kappa shape index (κ3) is 4.43. The van der Waals surface area contributed by atoms with Gasteiger partial charge in [-0.25, -0.2) is 0 Å². The fourth-order valence-electron chi connectivity index (χ4n) is 2.78. The first-order valence-electron chi connectivity index (χ1n) is 8.30. The highest BCUT2D eigenvalue weighted by Gasteiger charge is 2.14. The van der Waals surface area contributed by atoms with Gasteiger partial charge in [-0.15, -0.1) is 0 Å². The molecule has 1 aliphatic rings. The first-order chi connectivity index (χ1) is 11.7. The molecule has 1 fully saturated rings. The number of carbonyl (C=O) groups is 1. The van der Waals surface area contributed by atoms with E-state index in [0.29, 0.717) is 18.9 Å². The first kappa shape index (κ1) is 16.7. The van der Waals surface area contributed by atoms with Gasteiger partial charge in [0.15, 0.2) is 0 Å². The van der Waals surface area contributed by atoms with E-state index in [1.54, 1.807) is 24.0 Å². The molecule has 1 atom stereocenters. The molecule has 128 valence electrons. The summed E-state index contributed by atoms with van der Waals surface area (Å²) in [5.74, 6) is -0.177. The molecule has 1 aromatic carbocycles. The Labute approximate surface area is 141 Å². The van der Waals surface area contributed by atoms with Gasteiger partial charge in [-0.2, -0.15) is 5.10 Å². The second-order valence-electron chi connectivity index (χ2n) is 6.00. The van der Waals surface area contributed by atoms with Crippen LogP contribution in [0.15, 0.2) is 36.5 Å². The third-order valence-electron chi connectivity index (χ3n) is 4.08. The number of rotatable bonds is 6. The number of hydrogen-bond acceptors (Lipinski definition) is 4. The number of amides is 1. The van der Waals surface area contributed by atoms with Crippen molar-refractivity contribution in [1.82, 2.24) is 9.78 Å². The van der Waals surface area contributed by atoms with Gasteiger partial charge in [0.1, 0.15) is 5.69 Å². The van der Waals surface area contributed by atoms with Crippen LogP contribution in [0.25, 0.3) is 0 Å². The van der Waals surface area contributed by atoms with Gasteiger partial charge >= 0.3 is 0 Å². The van der Waals surface area contributed by atoms with Crippen LogP contribution in [-0.4, -0.2) is 35.0 Å². The van der Waals surface area contributed by atoms with Crippen LogP contribution in [0.4, 0.5) is 5.69 Å². The third-order valence-corrected chi connectivity index (χ3v) is 4.08. The molecule has 0 spiro atoms. The lowest BCUT2D eigenvalue weighted by atomic mass is 10.1. The first-order valence-corrected chi connectivity index (χ1v) is 8.30. The molecule has 0 radical (unpaired) electrons. The van der Waals surface area contributed by atoms with E-state index in [2.05, 4.69) is 10.4 Å². The Morgan fingerprint density at radius 1 is 1.42 bits per heavy atom. The minimum absolute atomic E-state index is 0.177. The Balaban J connectivity index is 1.52. The maximum atomic E-state index is 12.2. The SMILES string of the molecule is Cn1nccc1C(=O)Nc1cccc(COCC2CCCCO2)c1. The number of aryl methyl sites for hydroxylation is 1. The minimum atomic E-state index is -0.177. The summed E-state index contributed by atoms with van der Waals surface area (Å²) >= 11 is 0. The molecule has 24 heavy (non-hydrogen) atoms. The lowest BCUT2D eigenvalue weighted by Crippen LogP contribution is -2.24. The number of anilines is 1. The largest absolute Gasteiger partial charge is 0.376 e. The molecule has 1 saturated heterocycles. The van der Waals surface area contributed by atoms with Crippen molar-refractivity contribution >= 4 is 11.6 Å². The van der Waals surface area contributed by atoms with Gasteiger partial charge in [-0.05, 0) is 43.0 Å². The molecule has 1 aromatic heterocycles. The number of ether oxygens (including phenoxy) is 2. The molecule has 0 aliphatic carbocycles. The second-order valence-corrected chi connectivity index (χ2v) is 6.00. The summed E-state index contributed by atoms with van der Waals surface area (Å²) in [5.41, 5.74) is 2.29. The molecular weight excluding hydrogens is 306 g/mol. The molecule has 1 amide bonds. The van der Waals surface area contributed by atoms with Crippen molar-refractivity contribution in [3.05, 3.63) is 47.8 Å². The number of nitrogens with zero attached hydrogens (tertiary/aromatic N) is 2. The van der Waals surface area contributed by atoms with Crippen molar-refractivity contribution in [2.24, 2.45) is 7.05 Å². The summed E-state index contributed by atoms with van der Waals surface area (Å²) in [5, 5.41) is 6.89. The fraction of sp³-hybridized carbons (Fsp3) is 0.444. The highest BCUT2D eigenvalue weighted by atomic mass is 16.5. The van der Waals surface area contributed by atoms with Gasteiger partial charge in [0.25, 0.3) is 5.91 Å². The fourth-order valence-corrected chi connectivity index (χ4v) is 2.78. The molecule has 0 bridgehead atoms. The number of aromatic nitrogens is 2. The Morgan fingerprint density at radius 2 is 2.33 bits per heavy atom. The molecule has 1 N–H and O–H groups in total. The van der Waals surface area contributed by atoms with Gasteiger partial charge in [-0.3, -0.25) is 9.48 Å². The molecule has 6 heteroatoms. The molecule has 6 nitrogen and oxygen atoms in total. The molecule has 2 heterocycles. The van der Waals surface area contributed by atoms with Crippen LogP contribution in [0.5, 0.6) is 0 Å². The van der Waals surface area contributed by atoms with Crippen molar-refractivity contribution in [2.75, 3.05) is 18.5 Å². The zero-order valence-corrected chi connectivity index (χ0v) is 13.9. The monoisotopic (exact) mass is 329 g/mol. The Bertz CT molecular complexity index is 678. The van der Waals surface area contributed by atoms with Gasteiger partial charge < -0.3 is 14.8 Å². The van der Waals surface area contributed by atoms with Gasteiger partial charge in [-0.1, -0.05) is 12.1 Å². The van der Waals surface area contributed by atoms with Crippen LogP contribution in [0.1, 0.15) is 35.3 Å². The van der Waals surface area contributed by atoms with E-state index in [1.165, 1.54) is 6.42 Å². The van der Waals surface area contributed by atoms with E-state index in [-0.39, 0.29) is 12.0 Å². The molecule has 2 aromatic rings. The van der Waals surface area contributed by atoms with Crippen LogP contribution < -0.4 is 5.32 Å². The van der Waals surface area contributed by atoms with Crippen molar-refractivity contribution < 1.29 is 14.3 Å². The van der Waals surface area contributed by atoms with Crippen LogP contribution >= 0.6 is 0 Å². The van der Waals surface area contributed by atoms with Crippen LogP contribution in [0.2, 0.25) is 0 Å². The number of carbonyl (C=O) groups excluding carboxylic acids is 1. The predicted molar refractivity (Wildman–Crippen MR) is 90.9 cm³/mol. The van der Waals surface area contributed by atoms with Crippen molar-refractivity contribution in [3.63, 3.8) is 0 Å². The maximum Gasteiger partial charge on any atom is 0.273 e. The summed E-state index contributed by atoms with van der Waals surface area (Å²) in [6.45, 7) is 1.96. The number of hydrogen-bond donors (Lipinski definition) is 1. The predicted octanol–water partition coefficient (Wildman–Crippen LogP) is 2.76. The molecular formula is C18H23N3O3. The Morgan fingerprint density at radius 3 is 3.08 bits per heavy atom. The minimum Gasteiger partial charge on any atom is -0.376 e. The Kier molecular flexibility index (Phi) is 5.61.